The molecule has 4 rings (SSSR count). The molecule has 1 amide bonds. The number of aromatic nitrogens is 3. The Hall–Kier alpha value is -1.99. The molecule has 3 aromatic heterocycles. The van der Waals surface area contributed by atoms with Gasteiger partial charge in [0.05, 0.1) is 17.5 Å². The van der Waals surface area contributed by atoms with Gasteiger partial charge in [0.25, 0.3) is 5.91 Å². The van der Waals surface area contributed by atoms with Gasteiger partial charge in [-0.25, -0.2) is 4.98 Å². The molecule has 0 radical (unpaired) electrons. The molecule has 0 spiro atoms. The van der Waals surface area contributed by atoms with Crippen LogP contribution in [0.3, 0.4) is 0 Å². The molecule has 0 bridgehead atoms. The lowest BCUT2D eigenvalue weighted by atomic mass is 10.0. The summed E-state index contributed by atoms with van der Waals surface area (Å²) in [7, 11) is 1.96. The third-order valence-electron chi connectivity index (χ3n) is 4.35. The highest BCUT2D eigenvalue weighted by Crippen LogP contribution is 2.38. The van der Waals surface area contributed by atoms with Crippen molar-refractivity contribution in [3.63, 3.8) is 0 Å². The summed E-state index contributed by atoms with van der Waals surface area (Å²) in [6.07, 6.45) is 3.79. The Morgan fingerprint density at radius 3 is 2.91 bits per heavy atom. The monoisotopic (exact) mass is 344 g/mol. The molecule has 0 atom stereocenters. The molecule has 5 nitrogen and oxygen atoms in total. The van der Waals surface area contributed by atoms with E-state index >= 15 is 0 Å². The van der Waals surface area contributed by atoms with Crippen molar-refractivity contribution in [1.82, 2.24) is 14.8 Å². The van der Waals surface area contributed by atoms with Crippen LogP contribution in [-0.2, 0) is 19.9 Å². The second-order valence-electron chi connectivity index (χ2n) is 5.70. The fraction of sp³-hybridized carbons (Fsp3) is 0.312. The number of thiazole rings is 1. The number of aryl methyl sites for hydroxylation is 3. The summed E-state index contributed by atoms with van der Waals surface area (Å²) < 4.78 is 1.91. The number of carbonyl (C=O) groups is 1. The van der Waals surface area contributed by atoms with E-state index in [1.54, 1.807) is 22.7 Å². The minimum absolute atomic E-state index is 0.0793. The minimum Gasteiger partial charge on any atom is -0.298 e. The average molecular weight is 344 g/mol. The van der Waals surface area contributed by atoms with Crippen LogP contribution in [0.2, 0.25) is 0 Å². The minimum atomic E-state index is -0.0793. The van der Waals surface area contributed by atoms with Crippen molar-refractivity contribution in [2.24, 2.45) is 7.05 Å². The molecule has 0 unspecified atom stereocenters. The summed E-state index contributed by atoms with van der Waals surface area (Å²) in [5.74, 6) is -0.0793. The van der Waals surface area contributed by atoms with E-state index < -0.39 is 0 Å². The van der Waals surface area contributed by atoms with E-state index in [1.165, 1.54) is 15.4 Å². The predicted octanol–water partition coefficient (Wildman–Crippen LogP) is 3.57. The zero-order valence-corrected chi connectivity index (χ0v) is 14.8. The maximum Gasteiger partial charge on any atom is 0.258 e. The first-order chi connectivity index (χ1) is 11.0. The van der Waals surface area contributed by atoms with E-state index in [0.29, 0.717) is 5.13 Å². The summed E-state index contributed by atoms with van der Waals surface area (Å²) >= 11 is 3.17. The van der Waals surface area contributed by atoms with Crippen molar-refractivity contribution < 1.29 is 4.79 Å². The topological polar surface area (TPSA) is 59.8 Å². The second kappa shape index (κ2) is 5.28. The van der Waals surface area contributed by atoms with Crippen LogP contribution < -0.4 is 5.32 Å². The predicted molar refractivity (Wildman–Crippen MR) is 93.5 cm³/mol. The van der Waals surface area contributed by atoms with Crippen molar-refractivity contribution in [3.8, 4) is 11.3 Å². The summed E-state index contributed by atoms with van der Waals surface area (Å²) in [6.45, 7) is 4.01. The SMILES string of the molecule is Cc1scc(C(=O)Nc2nc3c(s2)CCc2c-3cnn2C)c1C. The number of rotatable bonds is 2. The molecule has 1 N–H and O–H groups in total. The molecule has 3 heterocycles. The summed E-state index contributed by atoms with van der Waals surface area (Å²) in [4.78, 5) is 19.5. The number of nitrogens with zero attached hydrogens (tertiary/aromatic N) is 3. The van der Waals surface area contributed by atoms with Crippen molar-refractivity contribution >= 4 is 33.7 Å². The molecule has 3 aromatic rings. The number of thiophene rings is 1. The van der Waals surface area contributed by atoms with Crippen LogP contribution in [0.4, 0.5) is 5.13 Å². The highest BCUT2D eigenvalue weighted by molar-refractivity contribution is 7.16. The summed E-state index contributed by atoms with van der Waals surface area (Å²) in [6, 6.07) is 0. The van der Waals surface area contributed by atoms with Crippen molar-refractivity contribution in [2.75, 3.05) is 5.32 Å². The van der Waals surface area contributed by atoms with Gasteiger partial charge in [0.1, 0.15) is 0 Å². The van der Waals surface area contributed by atoms with Crippen LogP contribution >= 0.6 is 22.7 Å². The number of fused-ring (bicyclic) bond motifs is 3. The maximum absolute atomic E-state index is 12.5. The molecule has 118 valence electrons. The number of hydrogen-bond donors (Lipinski definition) is 1. The lowest BCUT2D eigenvalue weighted by Gasteiger charge is -2.10. The third-order valence-corrected chi connectivity index (χ3v) is 6.40. The van der Waals surface area contributed by atoms with Gasteiger partial charge in [0.2, 0.25) is 0 Å². The highest BCUT2D eigenvalue weighted by Gasteiger charge is 2.24. The Morgan fingerprint density at radius 2 is 2.17 bits per heavy atom. The quantitative estimate of drug-likeness (QED) is 0.773. The first-order valence-corrected chi connectivity index (χ1v) is 9.11. The molecular formula is C16H16N4OS2. The van der Waals surface area contributed by atoms with Gasteiger partial charge in [-0.2, -0.15) is 5.10 Å². The Bertz CT molecular complexity index is 919. The molecule has 0 saturated heterocycles. The molecule has 0 aliphatic heterocycles. The molecule has 23 heavy (non-hydrogen) atoms. The number of hydrogen-bond acceptors (Lipinski definition) is 5. The third kappa shape index (κ3) is 2.31. The van der Waals surface area contributed by atoms with Crippen molar-refractivity contribution in [1.29, 1.82) is 0 Å². The maximum atomic E-state index is 12.5. The molecule has 7 heteroatoms. The first kappa shape index (κ1) is 14.6. The Kier molecular flexibility index (Phi) is 3.35. The van der Waals surface area contributed by atoms with E-state index in [-0.39, 0.29) is 5.91 Å². The number of amides is 1. The fourth-order valence-corrected chi connectivity index (χ4v) is 4.71. The van der Waals surface area contributed by atoms with Crippen LogP contribution in [0.5, 0.6) is 0 Å². The van der Waals surface area contributed by atoms with Crippen LogP contribution in [0.1, 0.15) is 31.4 Å². The van der Waals surface area contributed by atoms with E-state index in [0.717, 1.165) is 35.2 Å². The van der Waals surface area contributed by atoms with Gasteiger partial charge in [0, 0.05) is 33.4 Å². The average Bonchev–Trinajstić information content (AvgIpc) is 3.18. The van der Waals surface area contributed by atoms with Crippen LogP contribution in [0, 0.1) is 13.8 Å². The summed E-state index contributed by atoms with van der Waals surface area (Å²) in [5.41, 5.74) is 5.06. The van der Waals surface area contributed by atoms with Crippen molar-refractivity contribution in [2.45, 2.75) is 26.7 Å². The second-order valence-corrected chi connectivity index (χ2v) is 7.87. The van der Waals surface area contributed by atoms with Crippen LogP contribution in [0.15, 0.2) is 11.6 Å². The van der Waals surface area contributed by atoms with Gasteiger partial charge >= 0.3 is 0 Å². The molecule has 1 aliphatic carbocycles. The van der Waals surface area contributed by atoms with Gasteiger partial charge in [-0.15, -0.1) is 22.7 Å². The van der Waals surface area contributed by atoms with Gasteiger partial charge in [-0.1, -0.05) is 0 Å². The highest BCUT2D eigenvalue weighted by atomic mass is 32.1. The van der Waals surface area contributed by atoms with Gasteiger partial charge in [0.15, 0.2) is 5.13 Å². The summed E-state index contributed by atoms with van der Waals surface area (Å²) in [5, 5.41) is 9.86. The Morgan fingerprint density at radius 1 is 1.35 bits per heavy atom. The van der Waals surface area contributed by atoms with Gasteiger partial charge in [-0.3, -0.25) is 14.8 Å². The molecule has 0 aromatic carbocycles. The Balaban J connectivity index is 1.64. The molecule has 0 saturated carbocycles. The van der Waals surface area contributed by atoms with E-state index in [2.05, 4.69) is 15.4 Å². The zero-order valence-electron chi connectivity index (χ0n) is 13.1. The van der Waals surface area contributed by atoms with E-state index in [1.807, 2.05) is 37.2 Å². The normalized spacial score (nSPS) is 12.8. The smallest absolute Gasteiger partial charge is 0.258 e. The fourth-order valence-electron chi connectivity index (χ4n) is 2.88. The lowest BCUT2D eigenvalue weighted by Crippen LogP contribution is -2.12. The molecular weight excluding hydrogens is 328 g/mol. The zero-order chi connectivity index (χ0) is 16.1. The van der Waals surface area contributed by atoms with Crippen LogP contribution in [0.25, 0.3) is 11.3 Å². The largest absolute Gasteiger partial charge is 0.298 e. The Labute approximate surface area is 142 Å². The van der Waals surface area contributed by atoms with Gasteiger partial charge < -0.3 is 0 Å². The lowest BCUT2D eigenvalue weighted by molar-refractivity contribution is 0.102. The molecule has 0 fully saturated rings. The van der Waals surface area contributed by atoms with E-state index in [9.17, 15) is 4.79 Å². The van der Waals surface area contributed by atoms with Crippen LogP contribution in [-0.4, -0.2) is 20.7 Å². The number of anilines is 1. The van der Waals surface area contributed by atoms with Crippen molar-refractivity contribution in [3.05, 3.63) is 38.2 Å². The molecule has 1 aliphatic rings. The first-order valence-electron chi connectivity index (χ1n) is 7.41. The standard InChI is InChI=1S/C16H16N4OS2/c1-8-9(2)22-7-11(8)15(21)19-16-18-14-10-6-17-20(3)12(10)4-5-13(14)23-16/h6-7H,4-5H2,1-3H3,(H,18,19,21). The van der Waals surface area contributed by atoms with Gasteiger partial charge in [-0.05, 0) is 32.3 Å². The number of carbonyl (C=O) groups excluding carboxylic acids is 1. The number of nitrogens with one attached hydrogen (secondary N) is 1. The van der Waals surface area contributed by atoms with E-state index in [4.69, 9.17) is 0 Å².